The topological polar surface area (TPSA) is 55.6 Å². The lowest BCUT2D eigenvalue weighted by Crippen LogP contribution is -2.17. The second-order valence-corrected chi connectivity index (χ2v) is 7.22. The highest BCUT2D eigenvalue weighted by Gasteiger charge is 2.08. The number of halogens is 1. The highest BCUT2D eigenvalue weighted by molar-refractivity contribution is 6.30. The van der Waals surface area contributed by atoms with E-state index in [0.717, 1.165) is 27.1 Å². The van der Waals surface area contributed by atoms with E-state index in [1.54, 1.807) is 37.6 Å². The second kappa shape index (κ2) is 8.84. The van der Waals surface area contributed by atoms with Crippen molar-refractivity contribution < 1.29 is 9.53 Å². The number of hydrogen-bond acceptors (Lipinski definition) is 3. The van der Waals surface area contributed by atoms with Crippen molar-refractivity contribution in [2.75, 3.05) is 7.11 Å². The quantitative estimate of drug-likeness (QED) is 0.350. The van der Waals surface area contributed by atoms with E-state index >= 15 is 0 Å². The number of para-hydroxylation sites is 1. The molecule has 0 bridgehead atoms. The van der Waals surface area contributed by atoms with Gasteiger partial charge in [-0.05, 0) is 48.0 Å². The number of carbonyl (C=O) groups excluding carboxylic acids is 1. The van der Waals surface area contributed by atoms with Gasteiger partial charge in [-0.2, -0.15) is 5.10 Å². The molecule has 0 unspecified atom stereocenters. The van der Waals surface area contributed by atoms with Crippen LogP contribution in [-0.4, -0.2) is 23.8 Å². The van der Waals surface area contributed by atoms with Crippen LogP contribution in [-0.2, 0) is 6.54 Å². The predicted octanol–water partition coefficient (Wildman–Crippen LogP) is 5.12. The molecule has 5 nitrogen and oxygen atoms in total. The molecule has 1 N–H and O–H groups in total. The summed E-state index contributed by atoms with van der Waals surface area (Å²) in [5, 5.41) is 5.94. The predicted molar refractivity (Wildman–Crippen MR) is 121 cm³/mol. The minimum atomic E-state index is -0.279. The highest BCUT2D eigenvalue weighted by atomic mass is 35.5. The van der Waals surface area contributed by atoms with Gasteiger partial charge in [0.15, 0.2) is 0 Å². The minimum Gasteiger partial charge on any atom is -0.497 e. The molecule has 30 heavy (non-hydrogen) atoms. The van der Waals surface area contributed by atoms with Gasteiger partial charge in [-0.3, -0.25) is 4.79 Å². The van der Waals surface area contributed by atoms with Crippen LogP contribution in [0.1, 0.15) is 21.5 Å². The van der Waals surface area contributed by atoms with Crippen molar-refractivity contribution in [2.24, 2.45) is 5.10 Å². The molecule has 0 saturated heterocycles. The Morgan fingerprint density at radius 2 is 1.80 bits per heavy atom. The average molecular weight is 418 g/mol. The molecule has 1 amide bonds. The van der Waals surface area contributed by atoms with Gasteiger partial charge in [0, 0.05) is 39.8 Å². The van der Waals surface area contributed by atoms with Crippen molar-refractivity contribution >= 4 is 34.6 Å². The Kier molecular flexibility index (Phi) is 5.82. The van der Waals surface area contributed by atoms with E-state index in [1.165, 1.54) is 0 Å². The first-order chi connectivity index (χ1) is 14.6. The van der Waals surface area contributed by atoms with Crippen LogP contribution in [0.25, 0.3) is 10.9 Å². The number of ether oxygens (including phenoxy) is 1. The van der Waals surface area contributed by atoms with Gasteiger partial charge < -0.3 is 9.30 Å². The number of hydrazone groups is 1. The summed E-state index contributed by atoms with van der Waals surface area (Å²) in [4.78, 5) is 12.3. The maximum Gasteiger partial charge on any atom is 0.271 e. The van der Waals surface area contributed by atoms with Gasteiger partial charge in [0.05, 0.1) is 13.3 Å². The van der Waals surface area contributed by atoms with Crippen LogP contribution in [0.15, 0.2) is 84.1 Å². The van der Waals surface area contributed by atoms with Crippen molar-refractivity contribution in [3.05, 3.63) is 101 Å². The summed E-state index contributed by atoms with van der Waals surface area (Å²) in [5.41, 5.74) is 6.26. The zero-order valence-electron chi connectivity index (χ0n) is 16.4. The van der Waals surface area contributed by atoms with E-state index in [0.29, 0.717) is 17.9 Å². The van der Waals surface area contributed by atoms with E-state index in [-0.39, 0.29) is 5.91 Å². The largest absolute Gasteiger partial charge is 0.497 e. The molecule has 0 saturated carbocycles. The van der Waals surface area contributed by atoms with Gasteiger partial charge in [-0.1, -0.05) is 41.9 Å². The maximum absolute atomic E-state index is 12.3. The number of nitrogens with one attached hydrogen (secondary N) is 1. The zero-order chi connectivity index (χ0) is 20.9. The van der Waals surface area contributed by atoms with E-state index in [2.05, 4.69) is 21.2 Å². The van der Waals surface area contributed by atoms with E-state index in [4.69, 9.17) is 16.3 Å². The number of aromatic nitrogens is 1. The van der Waals surface area contributed by atoms with Crippen LogP contribution < -0.4 is 10.2 Å². The van der Waals surface area contributed by atoms with Crippen molar-refractivity contribution in [1.29, 1.82) is 0 Å². The van der Waals surface area contributed by atoms with Crippen molar-refractivity contribution in [3.63, 3.8) is 0 Å². The molecule has 3 aromatic carbocycles. The van der Waals surface area contributed by atoms with Gasteiger partial charge in [0.2, 0.25) is 0 Å². The number of fused-ring (bicyclic) bond motifs is 1. The Balaban J connectivity index is 1.53. The highest BCUT2D eigenvalue weighted by Crippen LogP contribution is 2.22. The molecule has 4 rings (SSSR count). The first-order valence-corrected chi connectivity index (χ1v) is 9.81. The monoisotopic (exact) mass is 417 g/mol. The molecule has 4 aromatic rings. The fraction of sp³-hybridized carbons (Fsp3) is 0.0833. The summed E-state index contributed by atoms with van der Waals surface area (Å²) < 4.78 is 7.27. The fourth-order valence-corrected chi connectivity index (χ4v) is 3.39. The minimum absolute atomic E-state index is 0.279. The van der Waals surface area contributed by atoms with Gasteiger partial charge in [0.1, 0.15) is 5.75 Å². The molecule has 0 aliphatic rings. The zero-order valence-corrected chi connectivity index (χ0v) is 17.1. The lowest BCUT2D eigenvalue weighted by Gasteiger charge is -2.05. The fourth-order valence-electron chi connectivity index (χ4n) is 3.26. The normalized spacial score (nSPS) is 11.1. The molecular formula is C24H20ClN3O2. The first-order valence-electron chi connectivity index (χ1n) is 9.44. The average Bonchev–Trinajstić information content (AvgIpc) is 3.13. The third kappa shape index (κ3) is 4.36. The van der Waals surface area contributed by atoms with Crippen LogP contribution in [0.2, 0.25) is 5.02 Å². The van der Waals surface area contributed by atoms with Gasteiger partial charge in [0.25, 0.3) is 5.91 Å². The number of nitrogens with zero attached hydrogens (tertiary/aromatic N) is 2. The van der Waals surface area contributed by atoms with Gasteiger partial charge in [-0.25, -0.2) is 5.43 Å². The molecule has 0 radical (unpaired) electrons. The molecule has 6 heteroatoms. The molecule has 0 aliphatic carbocycles. The van der Waals surface area contributed by atoms with Crippen molar-refractivity contribution in [3.8, 4) is 5.75 Å². The molecular weight excluding hydrogens is 398 g/mol. The Hall–Kier alpha value is -3.57. The number of benzene rings is 3. The second-order valence-electron chi connectivity index (χ2n) is 6.78. The van der Waals surface area contributed by atoms with Crippen LogP contribution in [0, 0.1) is 0 Å². The molecule has 0 spiro atoms. The molecule has 0 atom stereocenters. The Morgan fingerprint density at radius 1 is 1.07 bits per heavy atom. The maximum atomic E-state index is 12.3. The van der Waals surface area contributed by atoms with Crippen molar-refractivity contribution in [1.82, 2.24) is 9.99 Å². The number of amides is 1. The summed E-state index contributed by atoms with van der Waals surface area (Å²) >= 11 is 5.99. The van der Waals surface area contributed by atoms with E-state index < -0.39 is 0 Å². The van der Waals surface area contributed by atoms with Crippen LogP contribution in [0.3, 0.4) is 0 Å². The number of rotatable bonds is 6. The summed E-state index contributed by atoms with van der Waals surface area (Å²) in [5.74, 6) is 0.419. The SMILES string of the molecule is COc1ccc(C(=O)N/N=C\c2cn(Cc3ccc(Cl)cc3)c3ccccc23)cc1. The summed E-state index contributed by atoms with van der Waals surface area (Å²) in [6, 6.07) is 22.8. The number of hydrogen-bond donors (Lipinski definition) is 1. The lowest BCUT2D eigenvalue weighted by molar-refractivity contribution is 0.0955. The lowest BCUT2D eigenvalue weighted by atomic mass is 10.2. The third-order valence-electron chi connectivity index (χ3n) is 4.81. The van der Waals surface area contributed by atoms with E-state index in [9.17, 15) is 4.79 Å². The van der Waals surface area contributed by atoms with Crippen molar-refractivity contribution in [2.45, 2.75) is 6.54 Å². The molecule has 1 aromatic heterocycles. The summed E-state index contributed by atoms with van der Waals surface area (Å²) in [6.07, 6.45) is 3.70. The van der Waals surface area contributed by atoms with Crippen LogP contribution in [0.4, 0.5) is 0 Å². The van der Waals surface area contributed by atoms with Crippen LogP contribution >= 0.6 is 11.6 Å². The molecule has 150 valence electrons. The first kappa shape index (κ1) is 19.7. The van der Waals surface area contributed by atoms with E-state index in [1.807, 2.05) is 48.7 Å². The van der Waals surface area contributed by atoms with Gasteiger partial charge >= 0.3 is 0 Å². The molecule has 1 heterocycles. The summed E-state index contributed by atoms with van der Waals surface area (Å²) in [6.45, 7) is 0.712. The Labute approximate surface area is 179 Å². The molecule has 0 fully saturated rings. The smallest absolute Gasteiger partial charge is 0.271 e. The number of methoxy groups -OCH3 is 1. The molecule has 0 aliphatic heterocycles. The standard InChI is InChI=1S/C24H20ClN3O2/c1-30-21-12-8-18(9-13-21)24(29)27-26-14-19-16-28(23-5-3-2-4-22(19)23)15-17-6-10-20(25)11-7-17/h2-14,16H,15H2,1H3,(H,27,29)/b26-14-. The third-order valence-corrected chi connectivity index (χ3v) is 5.06. The summed E-state index contributed by atoms with van der Waals surface area (Å²) in [7, 11) is 1.59. The Morgan fingerprint density at radius 3 is 2.53 bits per heavy atom. The van der Waals surface area contributed by atoms with Crippen LogP contribution in [0.5, 0.6) is 5.75 Å². The van der Waals surface area contributed by atoms with Gasteiger partial charge in [-0.15, -0.1) is 0 Å². The number of carbonyl (C=O) groups is 1. The Bertz CT molecular complexity index is 1200.